The molecular weight excluding hydrogens is 309 g/mol. The fourth-order valence-electron chi connectivity index (χ4n) is 2.23. The number of hydrogen-bond acceptors (Lipinski definition) is 5. The van der Waals surface area contributed by atoms with Crippen LogP contribution in [0.4, 0.5) is 5.69 Å². The third-order valence-electron chi connectivity index (χ3n) is 4.46. The van der Waals surface area contributed by atoms with Crippen LogP contribution < -0.4 is 22.0 Å². The molecule has 1 aromatic rings. The van der Waals surface area contributed by atoms with Crippen molar-refractivity contribution < 1.29 is 18.9 Å². The maximum atomic E-state index is 11.8. The second-order valence-electron chi connectivity index (χ2n) is 6.83. The topological polar surface area (TPSA) is 103 Å². The molecule has 2 amide bonds. The monoisotopic (exact) mass is 333 g/mol. The summed E-state index contributed by atoms with van der Waals surface area (Å²) in [7, 11) is -0.437. The van der Waals surface area contributed by atoms with Crippen LogP contribution in [-0.2, 0) is 18.9 Å². The fourth-order valence-corrected chi connectivity index (χ4v) is 2.23. The number of carbonyl (C=O) groups is 2. The smallest absolute Gasteiger partial charge is 0.399 e. The Labute approximate surface area is 142 Å². The Hall–Kier alpha value is -1.90. The van der Waals surface area contributed by atoms with Gasteiger partial charge in [-0.3, -0.25) is 15.0 Å². The van der Waals surface area contributed by atoms with E-state index in [9.17, 15) is 9.59 Å². The second-order valence-corrected chi connectivity index (χ2v) is 6.83. The van der Waals surface area contributed by atoms with Crippen molar-refractivity contribution in [3.63, 3.8) is 0 Å². The lowest BCUT2D eigenvalue weighted by Crippen LogP contribution is -2.41. The van der Waals surface area contributed by atoms with Crippen molar-refractivity contribution in [2.45, 2.75) is 51.7 Å². The van der Waals surface area contributed by atoms with Crippen molar-refractivity contribution in [1.82, 2.24) is 5.43 Å². The first-order valence-electron chi connectivity index (χ1n) is 7.89. The molecule has 0 bridgehead atoms. The summed E-state index contributed by atoms with van der Waals surface area (Å²) in [6.45, 7) is 8.00. The van der Waals surface area contributed by atoms with Crippen LogP contribution >= 0.6 is 0 Å². The summed E-state index contributed by atoms with van der Waals surface area (Å²) in [5.41, 5.74) is 2.73. The third kappa shape index (κ3) is 4.14. The van der Waals surface area contributed by atoms with E-state index in [-0.39, 0.29) is 24.7 Å². The molecular formula is C16H24BN3O4. The first kappa shape index (κ1) is 18.4. The lowest BCUT2D eigenvalue weighted by molar-refractivity contribution is -0.124. The van der Waals surface area contributed by atoms with Gasteiger partial charge in [0.15, 0.2) is 0 Å². The number of hydrogen-bond donors (Lipinski definition) is 3. The molecule has 4 N–H and O–H groups in total. The molecule has 0 aromatic heterocycles. The standard InChI is InChI=1S/C16H24BN3O4/c1-15(2)16(3,4)24-17(23-15)11-5-7-12(8-6-11)19-13(21)9-10-14(22)20-18/h5-8H,9-10,18H2,1-4H3,(H,19,21)(H,20,22). The van der Waals surface area contributed by atoms with E-state index >= 15 is 0 Å². The van der Waals surface area contributed by atoms with Gasteiger partial charge in [-0.1, -0.05) is 12.1 Å². The van der Waals surface area contributed by atoms with E-state index in [1.807, 2.05) is 45.3 Å². The van der Waals surface area contributed by atoms with Gasteiger partial charge < -0.3 is 14.6 Å². The minimum atomic E-state index is -0.437. The summed E-state index contributed by atoms with van der Waals surface area (Å²) in [4.78, 5) is 22.8. The molecule has 8 heteroatoms. The average molecular weight is 333 g/mol. The molecule has 0 saturated carbocycles. The molecule has 1 fully saturated rings. The van der Waals surface area contributed by atoms with Crippen molar-refractivity contribution in [2.75, 3.05) is 5.32 Å². The summed E-state index contributed by atoms with van der Waals surface area (Å²) >= 11 is 0. The number of hydrazine groups is 1. The van der Waals surface area contributed by atoms with Crippen molar-refractivity contribution in [3.8, 4) is 0 Å². The molecule has 0 radical (unpaired) electrons. The molecule has 7 nitrogen and oxygen atoms in total. The number of anilines is 1. The van der Waals surface area contributed by atoms with Gasteiger partial charge in [-0.25, -0.2) is 5.84 Å². The quantitative estimate of drug-likeness (QED) is 0.318. The molecule has 24 heavy (non-hydrogen) atoms. The highest BCUT2D eigenvalue weighted by Crippen LogP contribution is 2.36. The highest BCUT2D eigenvalue weighted by Gasteiger charge is 2.51. The summed E-state index contributed by atoms with van der Waals surface area (Å²) in [5, 5.41) is 2.73. The van der Waals surface area contributed by atoms with Crippen LogP contribution in [0.25, 0.3) is 0 Å². The zero-order valence-corrected chi connectivity index (χ0v) is 14.5. The molecule has 1 aliphatic heterocycles. The van der Waals surface area contributed by atoms with E-state index in [4.69, 9.17) is 15.2 Å². The molecule has 0 unspecified atom stereocenters. The number of amides is 2. The molecule has 1 aliphatic rings. The van der Waals surface area contributed by atoms with E-state index in [1.165, 1.54) is 0 Å². The molecule has 1 saturated heterocycles. The van der Waals surface area contributed by atoms with E-state index in [1.54, 1.807) is 12.1 Å². The van der Waals surface area contributed by atoms with Crippen molar-refractivity contribution in [2.24, 2.45) is 5.84 Å². The SMILES string of the molecule is CC1(C)OB(c2ccc(NC(=O)CCC(=O)NN)cc2)OC1(C)C. The second kappa shape index (κ2) is 6.92. The molecule has 0 spiro atoms. The molecule has 0 aliphatic carbocycles. The Bertz CT molecular complexity index is 600. The average Bonchev–Trinajstić information content (AvgIpc) is 2.73. The molecule has 1 aromatic carbocycles. The Kier molecular flexibility index (Phi) is 5.32. The van der Waals surface area contributed by atoms with Gasteiger partial charge in [-0.15, -0.1) is 0 Å². The maximum absolute atomic E-state index is 11.8. The minimum absolute atomic E-state index is 0.0499. The third-order valence-corrected chi connectivity index (χ3v) is 4.46. The Morgan fingerprint density at radius 3 is 2.00 bits per heavy atom. The van der Waals surface area contributed by atoms with Gasteiger partial charge in [0.2, 0.25) is 11.8 Å². The lowest BCUT2D eigenvalue weighted by atomic mass is 9.79. The first-order chi connectivity index (χ1) is 11.1. The van der Waals surface area contributed by atoms with Crippen molar-refractivity contribution >= 4 is 30.1 Å². The number of benzene rings is 1. The molecule has 1 heterocycles. The maximum Gasteiger partial charge on any atom is 0.494 e. The van der Waals surface area contributed by atoms with Crippen molar-refractivity contribution in [1.29, 1.82) is 0 Å². The van der Waals surface area contributed by atoms with Gasteiger partial charge >= 0.3 is 7.12 Å². The summed E-state index contributed by atoms with van der Waals surface area (Å²) in [5.74, 6) is 4.35. The predicted octanol–water partition coefficient (Wildman–Crippen LogP) is 0.694. The predicted molar refractivity (Wildman–Crippen MR) is 92.4 cm³/mol. The zero-order chi connectivity index (χ0) is 18.0. The van der Waals surface area contributed by atoms with E-state index < -0.39 is 18.3 Å². The Balaban J connectivity index is 1.94. The molecule has 0 atom stereocenters. The fraction of sp³-hybridized carbons (Fsp3) is 0.500. The summed E-state index contributed by atoms with van der Waals surface area (Å²) in [6, 6.07) is 7.26. The van der Waals surface area contributed by atoms with Crippen LogP contribution in [-0.4, -0.2) is 30.1 Å². The Morgan fingerprint density at radius 2 is 1.50 bits per heavy atom. The zero-order valence-electron chi connectivity index (χ0n) is 14.5. The van der Waals surface area contributed by atoms with Crippen LogP contribution in [0.3, 0.4) is 0 Å². The van der Waals surface area contributed by atoms with E-state index in [0.29, 0.717) is 5.69 Å². The summed E-state index contributed by atoms with van der Waals surface area (Å²) in [6.07, 6.45) is 0.121. The Morgan fingerprint density at radius 1 is 1.00 bits per heavy atom. The number of carbonyl (C=O) groups excluding carboxylic acids is 2. The largest absolute Gasteiger partial charge is 0.494 e. The van der Waals surface area contributed by atoms with E-state index in [2.05, 4.69) is 5.32 Å². The number of nitrogens with one attached hydrogen (secondary N) is 2. The number of rotatable bonds is 5. The molecule has 2 rings (SSSR count). The van der Waals surface area contributed by atoms with Gasteiger partial charge in [0, 0.05) is 18.5 Å². The van der Waals surface area contributed by atoms with Crippen LogP contribution in [0.15, 0.2) is 24.3 Å². The van der Waals surface area contributed by atoms with E-state index in [0.717, 1.165) is 5.46 Å². The van der Waals surface area contributed by atoms with Crippen LogP contribution in [0.1, 0.15) is 40.5 Å². The van der Waals surface area contributed by atoms with Crippen LogP contribution in [0.5, 0.6) is 0 Å². The van der Waals surface area contributed by atoms with Gasteiger partial charge in [0.1, 0.15) is 0 Å². The van der Waals surface area contributed by atoms with Crippen molar-refractivity contribution in [3.05, 3.63) is 24.3 Å². The lowest BCUT2D eigenvalue weighted by Gasteiger charge is -2.32. The van der Waals surface area contributed by atoms with Gasteiger partial charge in [-0.2, -0.15) is 0 Å². The first-order valence-corrected chi connectivity index (χ1v) is 7.89. The van der Waals surface area contributed by atoms with Gasteiger partial charge in [-0.05, 0) is 45.3 Å². The van der Waals surface area contributed by atoms with Gasteiger partial charge in [0.25, 0.3) is 0 Å². The summed E-state index contributed by atoms with van der Waals surface area (Å²) < 4.78 is 12.0. The highest BCUT2D eigenvalue weighted by molar-refractivity contribution is 6.62. The normalized spacial score (nSPS) is 18.3. The minimum Gasteiger partial charge on any atom is -0.399 e. The highest BCUT2D eigenvalue weighted by atomic mass is 16.7. The number of nitrogens with two attached hydrogens (primary N) is 1. The molecule has 130 valence electrons. The van der Waals surface area contributed by atoms with Crippen LogP contribution in [0.2, 0.25) is 0 Å². The van der Waals surface area contributed by atoms with Gasteiger partial charge in [0.05, 0.1) is 11.2 Å². The van der Waals surface area contributed by atoms with Crippen LogP contribution in [0, 0.1) is 0 Å².